The maximum atomic E-state index is 11.7. The van der Waals surface area contributed by atoms with Gasteiger partial charge in [0, 0.05) is 17.4 Å². The Bertz CT molecular complexity index is 376. The summed E-state index contributed by atoms with van der Waals surface area (Å²) in [6, 6.07) is 0.341. The maximum Gasteiger partial charge on any atom is 0.315 e. The minimum atomic E-state index is -0.122. The second-order valence-corrected chi connectivity index (χ2v) is 7.00. The molecule has 0 unspecified atom stereocenters. The third-order valence-electron chi connectivity index (χ3n) is 4.16. The standard InChI is InChI=1S/C14H25N3O3S/c1-2-9(7-18)15-12(19)6-4-3-5-11-13-10(8-21-11)16-14(20)17-13/h9-11,13,18H,2-8H2,1H3,(H,15,19)(H2,16,17,20)/t9-,10+,11+,13+/m1/s1. The van der Waals surface area contributed by atoms with Crippen molar-refractivity contribution in [2.24, 2.45) is 0 Å². The van der Waals surface area contributed by atoms with E-state index in [-0.39, 0.29) is 36.7 Å². The number of aliphatic hydroxyl groups excluding tert-OH is 1. The predicted molar refractivity (Wildman–Crippen MR) is 83.3 cm³/mol. The zero-order valence-corrected chi connectivity index (χ0v) is 13.2. The Labute approximate surface area is 129 Å². The molecule has 0 bridgehead atoms. The number of hydrogen-bond acceptors (Lipinski definition) is 4. The highest BCUT2D eigenvalue weighted by molar-refractivity contribution is 8.00. The molecule has 6 nitrogen and oxygen atoms in total. The van der Waals surface area contributed by atoms with Crippen molar-refractivity contribution >= 4 is 23.7 Å². The van der Waals surface area contributed by atoms with Crippen LogP contribution in [-0.2, 0) is 4.79 Å². The number of nitrogens with one attached hydrogen (secondary N) is 3. The van der Waals surface area contributed by atoms with Crippen molar-refractivity contribution in [3.63, 3.8) is 0 Å². The monoisotopic (exact) mass is 315 g/mol. The summed E-state index contributed by atoms with van der Waals surface area (Å²) < 4.78 is 0. The lowest BCUT2D eigenvalue weighted by Gasteiger charge is -2.17. The van der Waals surface area contributed by atoms with Gasteiger partial charge in [0.25, 0.3) is 0 Å². The Morgan fingerprint density at radius 3 is 3.00 bits per heavy atom. The van der Waals surface area contributed by atoms with Gasteiger partial charge in [0.2, 0.25) is 5.91 Å². The highest BCUT2D eigenvalue weighted by Crippen LogP contribution is 2.33. The van der Waals surface area contributed by atoms with Crippen molar-refractivity contribution in [3.05, 3.63) is 0 Å². The van der Waals surface area contributed by atoms with Crippen LogP contribution in [0, 0.1) is 0 Å². The maximum absolute atomic E-state index is 11.7. The first-order valence-electron chi connectivity index (χ1n) is 7.73. The van der Waals surface area contributed by atoms with E-state index in [4.69, 9.17) is 5.11 Å². The number of urea groups is 1. The van der Waals surface area contributed by atoms with Crippen LogP contribution < -0.4 is 16.0 Å². The van der Waals surface area contributed by atoms with Gasteiger partial charge in [-0.3, -0.25) is 4.79 Å². The molecule has 4 atom stereocenters. The third-order valence-corrected chi connectivity index (χ3v) is 5.67. The smallest absolute Gasteiger partial charge is 0.315 e. The summed E-state index contributed by atoms with van der Waals surface area (Å²) in [4.78, 5) is 23.0. The van der Waals surface area contributed by atoms with Crippen LogP contribution in [0.4, 0.5) is 4.79 Å². The van der Waals surface area contributed by atoms with Crippen LogP contribution in [0.25, 0.3) is 0 Å². The largest absolute Gasteiger partial charge is 0.394 e. The van der Waals surface area contributed by atoms with E-state index in [0.29, 0.717) is 11.7 Å². The SMILES string of the molecule is CC[C@H](CO)NC(=O)CCCC[C@@H]1SC[C@@H]2NC(=O)N[C@@H]21. The fourth-order valence-corrected chi connectivity index (χ4v) is 4.39. The van der Waals surface area contributed by atoms with E-state index in [1.54, 1.807) is 0 Å². The van der Waals surface area contributed by atoms with Crippen molar-refractivity contribution in [3.8, 4) is 0 Å². The third kappa shape index (κ3) is 4.51. The molecular weight excluding hydrogens is 290 g/mol. The molecule has 7 heteroatoms. The second kappa shape index (κ2) is 7.89. The van der Waals surface area contributed by atoms with Crippen molar-refractivity contribution in [2.45, 2.75) is 62.4 Å². The number of carbonyl (C=O) groups is 2. The predicted octanol–water partition coefficient (Wildman–Crippen LogP) is 0.599. The van der Waals surface area contributed by atoms with Gasteiger partial charge in [-0.15, -0.1) is 0 Å². The van der Waals surface area contributed by atoms with Gasteiger partial charge in [-0.05, 0) is 19.3 Å². The van der Waals surface area contributed by atoms with Gasteiger partial charge in [0.15, 0.2) is 0 Å². The van der Waals surface area contributed by atoms with E-state index in [9.17, 15) is 9.59 Å². The Hall–Kier alpha value is -0.950. The molecule has 2 fully saturated rings. The first-order chi connectivity index (χ1) is 10.1. The highest BCUT2D eigenvalue weighted by Gasteiger charge is 2.42. The highest BCUT2D eigenvalue weighted by atomic mass is 32.2. The first kappa shape index (κ1) is 16.4. The number of amides is 3. The summed E-state index contributed by atoms with van der Waals surface area (Å²) in [5.41, 5.74) is 0. The molecule has 2 aliphatic rings. The van der Waals surface area contributed by atoms with Crippen LogP contribution in [-0.4, -0.2) is 52.8 Å². The number of aliphatic hydroxyl groups is 1. The Balaban J connectivity index is 1.60. The number of unbranched alkanes of at least 4 members (excludes halogenated alkanes) is 1. The lowest BCUT2D eigenvalue weighted by Crippen LogP contribution is -2.37. The molecule has 0 aromatic heterocycles. The van der Waals surface area contributed by atoms with Crippen LogP contribution in [0.2, 0.25) is 0 Å². The van der Waals surface area contributed by atoms with E-state index >= 15 is 0 Å². The Kier molecular flexibility index (Phi) is 6.17. The van der Waals surface area contributed by atoms with Crippen LogP contribution in [0.5, 0.6) is 0 Å². The summed E-state index contributed by atoms with van der Waals surface area (Å²) in [7, 11) is 0. The van der Waals surface area contributed by atoms with Gasteiger partial charge >= 0.3 is 6.03 Å². The molecule has 0 aromatic carbocycles. The first-order valence-corrected chi connectivity index (χ1v) is 8.77. The molecule has 21 heavy (non-hydrogen) atoms. The molecule has 4 N–H and O–H groups in total. The van der Waals surface area contributed by atoms with Gasteiger partial charge in [-0.2, -0.15) is 11.8 Å². The molecule has 2 aliphatic heterocycles. The van der Waals surface area contributed by atoms with Gasteiger partial charge in [0.05, 0.1) is 24.7 Å². The van der Waals surface area contributed by atoms with E-state index in [0.717, 1.165) is 31.4 Å². The van der Waals surface area contributed by atoms with Crippen molar-refractivity contribution in [2.75, 3.05) is 12.4 Å². The summed E-state index contributed by atoms with van der Waals surface area (Å²) in [6.07, 6.45) is 4.12. The number of hydrogen-bond donors (Lipinski definition) is 4. The van der Waals surface area contributed by atoms with Gasteiger partial charge < -0.3 is 21.1 Å². The number of fused-ring (bicyclic) bond motifs is 1. The number of thioether (sulfide) groups is 1. The van der Waals surface area contributed by atoms with Gasteiger partial charge in [-0.1, -0.05) is 13.3 Å². The van der Waals surface area contributed by atoms with Crippen LogP contribution in [0.1, 0.15) is 39.0 Å². The number of carbonyl (C=O) groups excluding carboxylic acids is 2. The van der Waals surface area contributed by atoms with Crippen LogP contribution >= 0.6 is 11.8 Å². The molecular formula is C14H25N3O3S. The molecule has 0 spiro atoms. The summed E-state index contributed by atoms with van der Waals surface area (Å²) in [5.74, 6) is 0.993. The zero-order valence-electron chi connectivity index (χ0n) is 12.4. The fourth-order valence-electron chi connectivity index (χ4n) is 2.85. The van der Waals surface area contributed by atoms with E-state index in [2.05, 4.69) is 16.0 Å². The van der Waals surface area contributed by atoms with E-state index < -0.39 is 0 Å². The lowest BCUT2D eigenvalue weighted by molar-refractivity contribution is -0.122. The molecule has 2 rings (SSSR count). The minimum Gasteiger partial charge on any atom is -0.394 e. The minimum absolute atomic E-state index is 0.00325. The van der Waals surface area contributed by atoms with Crippen LogP contribution in [0.3, 0.4) is 0 Å². The summed E-state index contributed by atoms with van der Waals surface area (Å²) >= 11 is 1.90. The van der Waals surface area contributed by atoms with Crippen molar-refractivity contribution in [1.82, 2.24) is 16.0 Å². The van der Waals surface area contributed by atoms with Crippen LogP contribution in [0.15, 0.2) is 0 Å². The van der Waals surface area contributed by atoms with Crippen molar-refractivity contribution < 1.29 is 14.7 Å². The molecule has 0 radical (unpaired) electrons. The molecule has 120 valence electrons. The average molecular weight is 315 g/mol. The molecule has 0 saturated carbocycles. The van der Waals surface area contributed by atoms with Gasteiger partial charge in [-0.25, -0.2) is 4.79 Å². The molecule has 0 aromatic rings. The summed E-state index contributed by atoms with van der Waals surface area (Å²) in [5, 5.41) is 18.2. The molecule has 2 heterocycles. The second-order valence-electron chi connectivity index (χ2n) is 5.72. The van der Waals surface area contributed by atoms with Gasteiger partial charge in [0.1, 0.15) is 0 Å². The average Bonchev–Trinajstić information content (AvgIpc) is 3.00. The zero-order chi connectivity index (χ0) is 15.2. The lowest BCUT2D eigenvalue weighted by atomic mass is 10.0. The van der Waals surface area contributed by atoms with Crippen molar-refractivity contribution in [1.29, 1.82) is 0 Å². The topological polar surface area (TPSA) is 90.5 Å². The number of rotatable bonds is 8. The fraction of sp³-hybridized carbons (Fsp3) is 0.857. The Morgan fingerprint density at radius 2 is 2.29 bits per heavy atom. The quantitative estimate of drug-likeness (QED) is 0.390. The van der Waals surface area contributed by atoms with E-state index in [1.807, 2.05) is 18.7 Å². The molecule has 0 aliphatic carbocycles. The summed E-state index contributed by atoms with van der Waals surface area (Å²) in [6.45, 7) is 1.94. The normalized spacial score (nSPS) is 28.7. The molecule has 3 amide bonds. The molecule has 2 saturated heterocycles. The Morgan fingerprint density at radius 1 is 1.48 bits per heavy atom. The van der Waals surface area contributed by atoms with E-state index in [1.165, 1.54) is 0 Å².